The summed E-state index contributed by atoms with van der Waals surface area (Å²) in [5.74, 6) is -0.302. The van der Waals surface area contributed by atoms with Crippen LogP contribution in [-0.4, -0.2) is 42.2 Å². The van der Waals surface area contributed by atoms with Gasteiger partial charge in [-0.3, -0.25) is 0 Å². The average Bonchev–Trinajstić information content (AvgIpc) is 3.03. The number of rotatable bonds is 3. The van der Waals surface area contributed by atoms with Crippen LogP contribution in [0, 0.1) is 0 Å². The van der Waals surface area contributed by atoms with Crippen LogP contribution in [-0.2, 0) is 4.74 Å². The first-order valence-electron chi connectivity index (χ1n) is 6.07. The van der Waals surface area contributed by atoms with Gasteiger partial charge in [0.05, 0.1) is 18.5 Å². The van der Waals surface area contributed by atoms with Gasteiger partial charge in [-0.15, -0.1) is 5.10 Å². The van der Waals surface area contributed by atoms with Gasteiger partial charge in [0.15, 0.2) is 17.2 Å². The zero-order valence-electron chi connectivity index (χ0n) is 11.0. The molecule has 21 heavy (non-hydrogen) atoms. The molecule has 0 aromatic carbocycles. The summed E-state index contributed by atoms with van der Waals surface area (Å²) in [5.41, 5.74) is 5.79. The molecule has 0 saturated heterocycles. The van der Waals surface area contributed by atoms with Gasteiger partial charge in [0, 0.05) is 0 Å². The van der Waals surface area contributed by atoms with E-state index in [-0.39, 0.29) is 18.0 Å². The van der Waals surface area contributed by atoms with E-state index in [0.717, 1.165) is 4.52 Å². The lowest BCUT2D eigenvalue weighted by molar-refractivity contribution is 0.0520. The normalized spacial score (nSPS) is 10.9. The number of aromatic nitrogens is 6. The molecule has 0 atom stereocenters. The molecule has 10 nitrogen and oxygen atoms in total. The third kappa shape index (κ3) is 2.12. The molecule has 0 spiro atoms. The number of anilines is 1. The molecule has 3 heterocycles. The monoisotopic (exact) mass is 289 g/mol. The van der Waals surface area contributed by atoms with Gasteiger partial charge in [-0.2, -0.15) is 14.7 Å². The fourth-order valence-electron chi connectivity index (χ4n) is 1.78. The largest absolute Gasteiger partial charge is 0.461 e. The summed E-state index contributed by atoms with van der Waals surface area (Å²) in [4.78, 5) is 23.1. The minimum atomic E-state index is -0.615. The summed E-state index contributed by atoms with van der Waals surface area (Å²) >= 11 is 0. The highest BCUT2D eigenvalue weighted by Crippen LogP contribution is 2.14. The number of nitrogens with zero attached hydrogens (tertiary/aromatic N) is 5. The first kappa shape index (κ1) is 12.8. The lowest BCUT2D eigenvalue weighted by Crippen LogP contribution is -2.14. The predicted molar refractivity (Wildman–Crippen MR) is 71.1 cm³/mol. The van der Waals surface area contributed by atoms with E-state index in [9.17, 15) is 9.59 Å². The van der Waals surface area contributed by atoms with Crippen molar-refractivity contribution < 1.29 is 9.53 Å². The predicted octanol–water partition coefficient (Wildman–Crippen LogP) is -0.638. The van der Waals surface area contributed by atoms with E-state index in [4.69, 9.17) is 10.5 Å². The molecule has 0 radical (unpaired) electrons. The third-order valence-corrected chi connectivity index (χ3v) is 2.71. The number of aromatic amines is 1. The van der Waals surface area contributed by atoms with Crippen molar-refractivity contribution in [1.82, 2.24) is 29.6 Å². The second kappa shape index (κ2) is 4.74. The number of nitrogen functional groups attached to an aromatic ring is 1. The van der Waals surface area contributed by atoms with Crippen LogP contribution in [0.5, 0.6) is 0 Å². The number of hydrogen-bond acceptors (Lipinski definition) is 7. The SMILES string of the molecule is CCOC(=O)c1nn(-c2ccc3n[nH]c(=O)n3n2)cc1N. The molecule has 0 aliphatic carbocycles. The molecular formula is C11H11N7O3. The van der Waals surface area contributed by atoms with Crippen LogP contribution in [0.1, 0.15) is 17.4 Å². The van der Waals surface area contributed by atoms with Crippen molar-refractivity contribution in [3.8, 4) is 5.82 Å². The fraction of sp³-hybridized carbons (Fsp3) is 0.182. The molecule has 3 rings (SSSR count). The van der Waals surface area contributed by atoms with Crippen molar-refractivity contribution in [2.24, 2.45) is 0 Å². The second-order valence-corrected chi connectivity index (χ2v) is 4.09. The molecular weight excluding hydrogens is 278 g/mol. The van der Waals surface area contributed by atoms with Crippen LogP contribution in [0.25, 0.3) is 11.5 Å². The van der Waals surface area contributed by atoms with Gasteiger partial charge >= 0.3 is 11.7 Å². The molecule has 108 valence electrons. The lowest BCUT2D eigenvalue weighted by atomic mass is 10.4. The number of nitrogens with two attached hydrogens (primary N) is 1. The van der Waals surface area contributed by atoms with Crippen LogP contribution >= 0.6 is 0 Å². The summed E-state index contributed by atoms with van der Waals surface area (Å²) in [5, 5.41) is 14.1. The van der Waals surface area contributed by atoms with Crippen molar-refractivity contribution in [2.45, 2.75) is 6.92 Å². The first-order valence-corrected chi connectivity index (χ1v) is 6.07. The van der Waals surface area contributed by atoms with Gasteiger partial charge < -0.3 is 10.5 Å². The molecule has 0 amide bonds. The van der Waals surface area contributed by atoms with E-state index >= 15 is 0 Å². The number of fused-ring (bicyclic) bond motifs is 1. The molecule has 3 aromatic rings. The summed E-state index contributed by atoms with van der Waals surface area (Å²) in [7, 11) is 0. The third-order valence-electron chi connectivity index (χ3n) is 2.71. The molecule has 0 aliphatic heterocycles. The summed E-state index contributed by atoms with van der Waals surface area (Å²) in [6.45, 7) is 1.91. The van der Waals surface area contributed by atoms with E-state index in [1.165, 1.54) is 10.9 Å². The molecule has 0 bridgehead atoms. The topological polar surface area (TPSA) is 133 Å². The molecule has 0 unspecified atom stereocenters. The zero-order valence-corrected chi connectivity index (χ0v) is 11.0. The molecule has 0 saturated carbocycles. The lowest BCUT2D eigenvalue weighted by Gasteiger charge is -2.00. The summed E-state index contributed by atoms with van der Waals surface area (Å²) in [6.07, 6.45) is 1.42. The number of esters is 1. The Balaban J connectivity index is 2.06. The van der Waals surface area contributed by atoms with E-state index in [0.29, 0.717) is 11.5 Å². The van der Waals surface area contributed by atoms with Gasteiger partial charge in [-0.05, 0) is 19.1 Å². The molecule has 3 N–H and O–H groups in total. The fourth-order valence-corrected chi connectivity index (χ4v) is 1.78. The highest BCUT2D eigenvalue weighted by atomic mass is 16.5. The van der Waals surface area contributed by atoms with Gasteiger partial charge in [0.25, 0.3) is 0 Å². The molecule has 0 fully saturated rings. The maximum atomic E-state index is 11.7. The van der Waals surface area contributed by atoms with Crippen molar-refractivity contribution in [1.29, 1.82) is 0 Å². The number of carbonyl (C=O) groups is 1. The maximum Gasteiger partial charge on any atom is 0.364 e. The Morgan fingerprint density at radius 3 is 3.00 bits per heavy atom. The smallest absolute Gasteiger partial charge is 0.364 e. The molecule has 3 aromatic heterocycles. The number of H-pyrrole nitrogens is 1. The van der Waals surface area contributed by atoms with Gasteiger partial charge in [0.1, 0.15) is 0 Å². The first-order chi connectivity index (χ1) is 10.1. The Kier molecular flexibility index (Phi) is 2.90. The molecule has 0 aliphatic rings. The Hall–Kier alpha value is -3.17. The zero-order chi connectivity index (χ0) is 15.0. The Morgan fingerprint density at radius 2 is 2.24 bits per heavy atom. The van der Waals surface area contributed by atoms with Gasteiger partial charge in [-0.1, -0.05) is 0 Å². The van der Waals surface area contributed by atoms with Crippen LogP contribution in [0.4, 0.5) is 5.69 Å². The van der Waals surface area contributed by atoms with Crippen molar-refractivity contribution >= 4 is 17.3 Å². The number of ether oxygens (including phenoxy) is 1. The highest BCUT2D eigenvalue weighted by molar-refractivity contribution is 5.92. The Labute approximate surface area is 117 Å². The average molecular weight is 289 g/mol. The van der Waals surface area contributed by atoms with Gasteiger partial charge in [-0.25, -0.2) is 19.4 Å². The minimum Gasteiger partial charge on any atom is -0.461 e. The Bertz CT molecular complexity index is 875. The van der Waals surface area contributed by atoms with Gasteiger partial charge in [0.2, 0.25) is 0 Å². The summed E-state index contributed by atoms with van der Waals surface area (Å²) < 4.78 is 7.22. The van der Waals surface area contributed by atoms with Crippen LogP contribution in [0.15, 0.2) is 23.1 Å². The van der Waals surface area contributed by atoms with E-state index in [1.54, 1.807) is 19.1 Å². The van der Waals surface area contributed by atoms with Crippen LogP contribution in [0.2, 0.25) is 0 Å². The Morgan fingerprint density at radius 1 is 1.43 bits per heavy atom. The van der Waals surface area contributed by atoms with Crippen molar-refractivity contribution in [3.63, 3.8) is 0 Å². The standard InChI is InChI=1S/C11H11N7O3/c1-2-21-10(19)9-6(12)5-17(16-9)8-4-3-7-13-14-11(20)18(7)15-8/h3-5H,2,12H2,1H3,(H,14,20). The maximum absolute atomic E-state index is 11.7. The number of nitrogens with one attached hydrogen (secondary N) is 1. The van der Waals surface area contributed by atoms with Crippen molar-refractivity contribution in [3.05, 3.63) is 34.5 Å². The second-order valence-electron chi connectivity index (χ2n) is 4.09. The van der Waals surface area contributed by atoms with Crippen LogP contribution in [0.3, 0.4) is 0 Å². The van der Waals surface area contributed by atoms with E-state index in [1.807, 2.05) is 0 Å². The number of hydrogen-bond donors (Lipinski definition) is 2. The summed E-state index contributed by atoms with van der Waals surface area (Å²) in [6, 6.07) is 3.18. The highest BCUT2D eigenvalue weighted by Gasteiger charge is 2.17. The number of carbonyl (C=O) groups excluding carboxylic acids is 1. The molecule has 10 heteroatoms. The van der Waals surface area contributed by atoms with E-state index in [2.05, 4.69) is 20.4 Å². The minimum absolute atomic E-state index is 0.00159. The van der Waals surface area contributed by atoms with Crippen LogP contribution < -0.4 is 11.4 Å². The quantitative estimate of drug-likeness (QED) is 0.613. The van der Waals surface area contributed by atoms with Crippen molar-refractivity contribution in [2.75, 3.05) is 12.3 Å². The van der Waals surface area contributed by atoms with E-state index < -0.39 is 11.7 Å².